The largest absolute Gasteiger partial charge is 0.383 e. The average molecular weight is 577 g/mol. The summed E-state index contributed by atoms with van der Waals surface area (Å²) in [6.07, 6.45) is 11.8. The van der Waals surface area contributed by atoms with Crippen molar-refractivity contribution in [2.75, 3.05) is 26.2 Å². The van der Waals surface area contributed by atoms with E-state index < -0.39 is 0 Å². The molecule has 2 N–H and O–H groups in total. The number of fused-ring (bicyclic) bond motifs is 2. The molecule has 0 radical (unpaired) electrons. The molecule has 1 amide bonds. The molecule has 1 aromatic rings. The second-order valence-electron chi connectivity index (χ2n) is 10.3. The molecular formula is C27H35Br2N3O. The smallest absolute Gasteiger partial charge is 0.222 e. The third-order valence-corrected chi connectivity index (χ3v) is 9.86. The molecule has 3 heterocycles. The molecule has 4 aliphatic rings. The molecule has 178 valence electrons. The number of aryl methyl sites for hydroxylation is 1. The second kappa shape index (κ2) is 10.2. The minimum absolute atomic E-state index is 0.337. The Morgan fingerprint density at radius 3 is 2.61 bits per heavy atom. The predicted molar refractivity (Wildman–Crippen MR) is 141 cm³/mol. The van der Waals surface area contributed by atoms with E-state index in [9.17, 15) is 4.79 Å². The second-order valence-corrected chi connectivity index (χ2v) is 12.0. The molecule has 1 aromatic carbocycles. The highest BCUT2D eigenvalue weighted by molar-refractivity contribution is 9.12. The zero-order chi connectivity index (χ0) is 22.9. The normalized spacial score (nSPS) is 26.5. The number of nitrogens with one attached hydrogen (secondary N) is 2. The topological polar surface area (TPSA) is 44.4 Å². The Morgan fingerprint density at radius 1 is 1.09 bits per heavy atom. The molecule has 6 heteroatoms. The molecule has 2 fully saturated rings. The van der Waals surface area contributed by atoms with Crippen molar-refractivity contribution >= 4 is 37.8 Å². The maximum absolute atomic E-state index is 13.0. The van der Waals surface area contributed by atoms with Gasteiger partial charge >= 0.3 is 0 Å². The van der Waals surface area contributed by atoms with E-state index in [0.29, 0.717) is 29.7 Å². The van der Waals surface area contributed by atoms with Gasteiger partial charge < -0.3 is 15.5 Å². The van der Waals surface area contributed by atoms with Gasteiger partial charge in [0.2, 0.25) is 5.91 Å². The number of halogens is 2. The van der Waals surface area contributed by atoms with Crippen LogP contribution in [-0.2, 0) is 11.2 Å². The van der Waals surface area contributed by atoms with E-state index in [0.717, 1.165) is 75.6 Å². The van der Waals surface area contributed by atoms with E-state index in [1.54, 1.807) is 0 Å². The number of carbonyl (C=O) groups excluding carboxylic acids is 1. The number of dihydropyridines is 1. The molecule has 33 heavy (non-hydrogen) atoms. The molecule has 0 saturated carbocycles. The van der Waals surface area contributed by atoms with Crippen LogP contribution < -0.4 is 10.6 Å². The highest BCUT2D eigenvalue weighted by atomic mass is 79.9. The summed E-state index contributed by atoms with van der Waals surface area (Å²) in [5, 5.41) is 7.15. The van der Waals surface area contributed by atoms with Crippen LogP contribution in [0.5, 0.6) is 0 Å². The maximum Gasteiger partial charge on any atom is 0.222 e. The summed E-state index contributed by atoms with van der Waals surface area (Å²) in [4.78, 5) is 15.2. The summed E-state index contributed by atoms with van der Waals surface area (Å²) >= 11 is 7.60. The summed E-state index contributed by atoms with van der Waals surface area (Å²) in [5.74, 6) is 1.95. The average Bonchev–Trinajstić information content (AvgIpc) is 2.99. The quantitative estimate of drug-likeness (QED) is 0.496. The van der Waals surface area contributed by atoms with Gasteiger partial charge in [-0.15, -0.1) is 0 Å². The summed E-state index contributed by atoms with van der Waals surface area (Å²) < 4.78 is 2.41. The van der Waals surface area contributed by atoms with Crippen LogP contribution in [0.4, 0.5) is 0 Å². The monoisotopic (exact) mass is 575 g/mol. The van der Waals surface area contributed by atoms with Gasteiger partial charge in [-0.25, -0.2) is 0 Å². The summed E-state index contributed by atoms with van der Waals surface area (Å²) in [5.41, 5.74) is 5.80. The van der Waals surface area contributed by atoms with E-state index in [1.807, 2.05) is 0 Å². The van der Waals surface area contributed by atoms with Crippen LogP contribution >= 0.6 is 31.9 Å². The maximum atomic E-state index is 13.0. The highest BCUT2D eigenvalue weighted by Gasteiger charge is 2.39. The molecule has 0 bridgehead atoms. The molecule has 2 saturated heterocycles. The molecule has 2 unspecified atom stereocenters. The van der Waals surface area contributed by atoms with Gasteiger partial charge in [-0.3, -0.25) is 4.79 Å². The number of likely N-dealkylation sites (tertiary alicyclic amines) is 1. The first-order valence-corrected chi connectivity index (χ1v) is 14.2. The van der Waals surface area contributed by atoms with Crippen LogP contribution in [0, 0.1) is 18.8 Å². The van der Waals surface area contributed by atoms with Crippen LogP contribution in [0.15, 0.2) is 38.9 Å². The zero-order valence-electron chi connectivity index (χ0n) is 19.5. The van der Waals surface area contributed by atoms with Gasteiger partial charge in [0.25, 0.3) is 0 Å². The highest BCUT2D eigenvalue weighted by Crippen LogP contribution is 2.45. The lowest BCUT2D eigenvalue weighted by molar-refractivity contribution is -0.133. The number of hydrogen-bond donors (Lipinski definition) is 2. The number of amides is 1. The number of carbonyl (C=O) groups is 1. The molecular weight excluding hydrogens is 542 g/mol. The van der Waals surface area contributed by atoms with Crippen molar-refractivity contribution in [2.45, 2.75) is 63.8 Å². The van der Waals surface area contributed by atoms with Crippen molar-refractivity contribution in [1.82, 2.24) is 15.5 Å². The van der Waals surface area contributed by atoms with Gasteiger partial charge in [-0.1, -0.05) is 28.1 Å². The van der Waals surface area contributed by atoms with Gasteiger partial charge in [-0.2, -0.15) is 0 Å². The van der Waals surface area contributed by atoms with Crippen molar-refractivity contribution in [3.8, 4) is 0 Å². The van der Waals surface area contributed by atoms with E-state index in [-0.39, 0.29) is 0 Å². The Hall–Kier alpha value is -1.11. The summed E-state index contributed by atoms with van der Waals surface area (Å²) in [7, 11) is 0. The lowest BCUT2D eigenvalue weighted by Crippen LogP contribution is -2.45. The Balaban J connectivity index is 1.34. The molecule has 4 nitrogen and oxygen atoms in total. The Kier molecular flexibility index (Phi) is 7.34. The van der Waals surface area contributed by atoms with E-state index in [2.05, 4.69) is 78.7 Å². The molecule has 2 atom stereocenters. The van der Waals surface area contributed by atoms with Crippen LogP contribution in [0.2, 0.25) is 0 Å². The lowest BCUT2D eigenvalue weighted by Gasteiger charge is -2.41. The minimum Gasteiger partial charge on any atom is -0.383 e. The zero-order valence-corrected chi connectivity index (χ0v) is 22.7. The van der Waals surface area contributed by atoms with Gasteiger partial charge in [0.05, 0.1) is 6.04 Å². The fourth-order valence-corrected chi connectivity index (χ4v) is 7.40. The Labute approximate surface area is 214 Å². The Morgan fingerprint density at radius 2 is 1.85 bits per heavy atom. The van der Waals surface area contributed by atoms with Crippen molar-refractivity contribution in [1.29, 1.82) is 0 Å². The van der Waals surface area contributed by atoms with E-state index in [4.69, 9.17) is 0 Å². The van der Waals surface area contributed by atoms with Gasteiger partial charge in [0, 0.05) is 40.6 Å². The van der Waals surface area contributed by atoms with Crippen molar-refractivity contribution in [2.24, 2.45) is 11.8 Å². The summed E-state index contributed by atoms with van der Waals surface area (Å²) in [6, 6.07) is 4.99. The first-order valence-electron chi connectivity index (χ1n) is 12.6. The van der Waals surface area contributed by atoms with Crippen LogP contribution in [-0.4, -0.2) is 43.0 Å². The molecule has 0 aromatic heterocycles. The fourth-order valence-electron chi connectivity index (χ4n) is 6.41. The third-order valence-electron chi connectivity index (χ3n) is 8.30. The van der Waals surface area contributed by atoms with Crippen LogP contribution in [0.3, 0.4) is 0 Å². The van der Waals surface area contributed by atoms with E-state index in [1.165, 1.54) is 26.7 Å². The van der Waals surface area contributed by atoms with Crippen molar-refractivity contribution < 1.29 is 4.79 Å². The SMILES string of the molecule is Cc1ccc2c(c1Br)CCC1=CC(Br)=CNC1C2C1CCN(C(=O)CC2CCNCC2)CC1. The third kappa shape index (κ3) is 4.99. The number of benzene rings is 1. The standard InChI is InChI=1S/C27H35Br2N3O/c1-17-2-4-22-23(26(17)29)5-3-20-15-21(28)16-31-27(20)25(22)19-8-12-32(13-9-19)24(33)14-18-6-10-30-11-7-18/h2,4,15-16,18-19,25,27,30-31H,3,5-14H2,1H3. The number of piperidine rings is 2. The number of nitrogens with zero attached hydrogens (tertiary/aromatic N) is 1. The van der Waals surface area contributed by atoms with Crippen LogP contribution in [0.25, 0.3) is 0 Å². The first kappa shape index (κ1) is 23.6. The summed E-state index contributed by atoms with van der Waals surface area (Å²) in [6.45, 7) is 6.12. The first-order chi connectivity index (χ1) is 16.0. The predicted octanol–water partition coefficient (Wildman–Crippen LogP) is 5.55. The molecule has 0 spiro atoms. The number of allylic oxidation sites excluding steroid dienone is 2. The van der Waals surface area contributed by atoms with Gasteiger partial charge in [0.1, 0.15) is 0 Å². The van der Waals surface area contributed by atoms with Gasteiger partial charge in [0.15, 0.2) is 0 Å². The molecule has 3 aliphatic heterocycles. The molecule has 5 rings (SSSR count). The van der Waals surface area contributed by atoms with Crippen LogP contribution in [0.1, 0.15) is 61.1 Å². The minimum atomic E-state index is 0.337. The van der Waals surface area contributed by atoms with E-state index >= 15 is 0 Å². The van der Waals surface area contributed by atoms with Crippen molar-refractivity contribution in [3.05, 3.63) is 55.6 Å². The Bertz CT molecular complexity index is 958. The fraction of sp³-hybridized carbons (Fsp3) is 0.593. The molecule has 1 aliphatic carbocycles. The number of rotatable bonds is 3. The van der Waals surface area contributed by atoms with Crippen molar-refractivity contribution in [3.63, 3.8) is 0 Å². The van der Waals surface area contributed by atoms with Gasteiger partial charge in [-0.05, 0) is 115 Å². The lowest BCUT2D eigenvalue weighted by atomic mass is 9.73. The number of hydrogen-bond acceptors (Lipinski definition) is 3.